The van der Waals surface area contributed by atoms with Gasteiger partial charge in [-0.1, -0.05) is 36.4 Å². The van der Waals surface area contributed by atoms with E-state index in [4.69, 9.17) is 9.47 Å². The second kappa shape index (κ2) is 8.72. The molecule has 0 saturated carbocycles. The number of benzene rings is 2. The Labute approximate surface area is 141 Å². The average molecular weight is 327 g/mol. The summed E-state index contributed by atoms with van der Waals surface area (Å²) < 4.78 is 10.4. The van der Waals surface area contributed by atoms with Crippen LogP contribution in [0.2, 0.25) is 0 Å². The van der Waals surface area contributed by atoms with Crippen molar-refractivity contribution in [2.75, 3.05) is 13.2 Å². The van der Waals surface area contributed by atoms with E-state index in [-0.39, 0.29) is 12.5 Å². The van der Waals surface area contributed by atoms with Gasteiger partial charge >= 0.3 is 5.97 Å². The summed E-state index contributed by atoms with van der Waals surface area (Å²) in [5.74, 6) is -0.476. The number of carbonyl (C=O) groups is 2. The Balaban J connectivity index is 1.85. The maximum absolute atomic E-state index is 12.1. The van der Waals surface area contributed by atoms with Gasteiger partial charge in [-0.05, 0) is 37.1 Å². The van der Waals surface area contributed by atoms with Crippen LogP contribution in [-0.2, 0) is 16.1 Å². The van der Waals surface area contributed by atoms with Crippen LogP contribution in [0.3, 0.4) is 0 Å². The zero-order valence-electron chi connectivity index (χ0n) is 13.9. The Kier molecular flexibility index (Phi) is 6.37. The van der Waals surface area contributed by atoms with Crippen molar-refractivity contribution in [1.29, 1.82) is 0 Å². The second-order valence-electron chi connectivity index (χ2n) is 5.21. The van der Waals surface area contributed by atoms with Crippen molar-refractivity contribution in [1.82, 2.24) is 5.32 Å². The van der Waals surface area contributed by atoms with Crippen LogP contribution in [-0.4, -0.2) is 25.1 Å². The Bertz CT molecular complexity index is 712. The minimum atomic E-state index is -0.579. The summed E-state index contributed by atoms with van der Waals surface area (Å²) in [7, 11) is 0. The highest BCUT2D eigenvalue weighted by molar-refractivity contribution is 5.93. The monoisotopic (exact) mass is 327 g/mol. The summed E-state index contributed by atoms with van der Waals surface area (Å²) in [6.45, 7) is 4.33. The molecule has 0 fully saturated rings. The number of ether oxygens (including phenoxy) is 2. The molecular weight excluding hydrogens is 306 g/mol. The van der Waals surface area contributed by atoms with Gasteiger partial charge in [0, 0.05) is 6.54 Å². The Morgan fingerprint density at radius 3 is 2.50 bits per heavy atom. The molecule has 2 rings (SSSR count). The topological polar surface area (TPSA) is 64.6 Å². The summed E-state index contributed by atoms with van der Waals surface area (Å²) in [6.07, 6.45) is 0. The van der Waals surface area contributed by atoms with Crippen LogP contribution in [0.5, 0.6) is 5.75 Å². The fourth-order valence-electron chi connectivity index (χ4n) is 2.18. The second-order valence-corrected chi connectivity index (χ2v) is 5.21. The lowest BCUT2D eigenvalue weighted by molar-refractivity contribution is -0.124. The molecule has 1 amide bonds. The number of nitrogens with one attached hydrogen (secondary N) is 1. The number of amides is 1. The van der Waals surface area contributed by atoms with Crippen molar-refractivity contribution in [3.63, 3.8) is 0 Å². The van der Waals surface area contributed by atoms with Gasteiger partial charge in [-0.15, -0.1) is 0 Å². The lowest BCUT2D eigenvalue weighted by Gasteiger charge is -2.10. The van der Waals surface area contributed by atoms with E-state index in [9.17, 15) is 9.59 Å². The number of para-hydroxylation sites is 1. The third-order valence-electron chi connectivity index (χ3n) is 3.48. The third kappa shape index (κ3) is 4.84. The largest absolute Gasteiger partial charge is 0.493 e. The van der Waals surface area contributed by atoms with Gasteiger partial charge in [-0.25, -0.2) is 4.79 Å². The molecule has 0 heterocycles. The predicted molar refractivity (Wildman–Crippen MR) is 90.9 cm³/mol. The van der Waals surface area contributed by atoms with Gasteiger partial charge in [0.25, 0.3) is 5.91 Å². The van der Waals surface area contributed by atoms with Crippen molar-refractivity contribution < 1.29 is 19.1 Å². The summed E-state index contributed by atoms with van der Waals surface area (Å²) in [4.78, 5) is 23.9. The van der Waals surface area contributed by atoms with E-state index in [0.717, 1.165) is 11.1 Å². The highest BCUT2D eigenvalue weighted by atomic mass is 16.5. The van der Waals surface area contributed by atoms with Crippen LogP contribution in [0.15, 0.2) is 48.5 Å². The van der Waals surface area contributed by atoms with E-state index < -0.39 is 5.97 Å². The molecule has 0 unspecified atom stereocenters. The lowest BCUT2D eigenvalue weighted by Crippen LogP contribution is -2.28. The lowest BCUT2D eigenvalue weighted by atomic mass is 10.1. The number of aryl methyl sites for hydroxylation is 1. The van der Waals surface area contributed by atoms with Crippen LogP contribution in [0, 0.1) is 6.92 Å². The minimum absolute atomic E-state index is 0.311. The van der Waals surface area contributed by atoms with E-state index in [2.05, 4.69) is 5.32 Å². The molecule has 2 aromatic rings. The highest BCUT2D eigenvalue weighted by Gasteiger charge is 2.15. The van der Waals surface area contributed by atoms with Gasteiger partial charge in [-0.2, -0.15) is 0 Å². The molecule has 0 aliphatic rings. The molecule has 24 heavy (non-hydrogen) atoms. The van der Waals surface area contributed by atoms with Gasteiger partial charge in [0.2, 0.25) is 0 Å². The zero-order chi connectivity index (χ0) is 17.4. The normalized spacial score (nSPS) is 10.1. The molecule has 2 aromatic carbocycles. The predicted octanol–water partition coefficient (Wildman–Crippen LogP) is 2.87. The summed E-state index contributed by atoms with van der Waals surface area (Å²) in [5, 5.41) is 2.74. The van der Waals surface area contributed by atoms with Crippen LogP contribution in [0.1, 0.15) is 28.4 Å². The molecular formula is C19H21NO4. The molecule has 0 radical (unpaired) electrons. The number of hydrogen-bond acceptors (Lipinski definition) is 4. The smallest absolute Gasteiger partial charge is 0.342 e. The molecule has 0 atom stereocenters. The quantitative estimate of drug-likeness (QED) is 0.794. The summed E-state index contributed by atoms with van der Waals surface area (Å²) in [6, 6.07) is 14.6. The molecule has 0 aromatic heterocycles. The fraction of sp³-hybridized carbons (Fsp3) is 0.263. The third-order valence-corrected chi connectivity index (χ3v) is 3.48. The maximum atomic E-state index is 12.1. The van der Waals surface area contributed by atoms with Gasteiger partial charge in [-0.3, -0.25) is 4.79 Å². The zero-order valence-corrected chi connectivity index (χ0v) is 13.9. The number of rotatable bonds is 7. The number of esters is 1. The van der Waals surface area contributed by atoms with Crippen molar-refractivity contribution in [2.24, 2.45) is 0 Å². The summed E-state index contributed by atoms with van der Waals surface area (Å²) >= 11 is 0. The van der Waals surface area contributed by atoms with Gasteiger partial charge < -0.3 is 14.8 Å². The molecule has 1 N–H and O–H groups in total. The first-order chi connectivity index (χ1) is 11.6. The van der Waals surface area contributed by atoms with Gasteiger partial charge in [0.1, 0.15) is 11.3 Å². The van der Waals surface area contributed by atoms with Gasteiger partial charge in [0.05, 0.1) is 6.61 Å². The van der Waals surface area contributed by atoms with Crippen LogP contribution in [0.25, 0.3) is 0 Å². The maximum Gasteiger partial charge on any atom is 0.342 e. The molecule has 0 bridgehead atoms. The SMILES string of the molecule is CCOc1ccccc1C(=O)OCC(=O)NCc1ccccc1C. The molecule has 0 saturated heterocycles. The molecule has 0 aliphatic carbocycles. The van der Waals surface area contributed by atoms with Crippen LogP contribution in [0.4, 0.5) is 0 Å². The molecule has 5 heteroatoms. The Morgan fingerprint density at radius 2 is 1.75 bits per heavy atom. The highest BCUT2D eigenvalue weighted by Crippen LogP contribution is 2.18. The van der Waals surface area contributed by atoms with Crippen molar-refractivity contribution in [3.05, 3.63) is 65.2 Å². The molecule has 0 aliphatic heterocycles. The van der Waals surface area contributed by atoms with Crippen LogP contribution < -0.4 is 10.1 Å². The van der Waals surface area contributed by atoms with Gasteiger partial charge in [0.15, 0.2) is 6.61 Å². The van der Waals surface area contributed by atoms with E-state index in [1.807, 2.05) is 38.1 Å². The average Bonchev–Trinajstić information content (AvgIpc) is 2.60. The van der Waals surface area contributed by atoms with E-state index in [1.54, 1.807) is 24.3 Å². The number of hydrogen-bond donors (Lipinski definition) is 1. The van der Waals surface area contributed by atoms with Crippen molar-refractivity contribution >= 4 is 11.9 Å². The summed E-state index contributed by atoms with van der Waals surface area (Å²) in [5.41, 5.74) is 2.44. The van der Waals surface area contributed by atoms with Crippen molar-refractivity contribution in [2.45, 2.75) is 20.4 Å². The molecule has 5 nitrogen and oxygen atoms in total. The Hall–Kier alpha value is -2.82. The first kappa shape index (κ1) is 17.5. The molecule has 126 valence electrons. The minimum Gasteiger partial charge on any atom is -0.493 e. The first-order valence-electron chi connectivity index (χ1n) is 7.82. The first-order valence-corrected chi connectivity index (χ1v) is 7.82. The Morgan fingerprint density at radius 1 is 1.04 bits per heavy atom. The van der Waals surface area contributed by atoms with E-state index >= 15 is 0 Å². The van der Waals surface area contributed by atoms with Crippen LogP contribution >= 0.6 is 0 Å². The van der Waals surface area contributed by atoms with Crippen molar-refractivity contribution in [3.8, 4) is 5.75 Å². The number of carbonyl (C=O) groups excluding carboxylic acids is 2. The molecule has 0 spiro atoms. The van der Waals surface area contributed by atoms with E-state index in [0.29, 0.717) is 24.5 Å². The van der Waals surface area contributed by atoms with E-state index in [1.165, 1.54) is 0 Å². The standard InChI is InChI=1S/C19H21NO4/c1-3-23-17-11-7-6-10-16(17)19(22)24-13-18(21)20-12-15-9-5-4-8-14(15)2/h4-11H,3,12-13H2,1-2H3,(H,20,21). The fourth-order valence-corrected chi connectivity index (χ4v) is 2.18.